The molecule has 1 aromatic carbocycles. The largest absolute Gasteiger partial charge is 0.198 e. The van der Waals surface area contributed by atoms with Gasteiger partial charge in [-0.15, -0.1) is 11.3 Å². The Kier molecular flexibility index (Phi) is 3.29. The predicted molar refractivity (Wildman–Crippen MR) is 76.6 cm³/mol. The second-order valence-electron chi connectivity index (χ2n) is 2.81. The van der Waals surface area contributed by atoms with Gasteiger partial charge >= 0.3 is 0 Å². The molecule has 0 fully saturated rings. The maximum atomic E-state index is 8.74. The summed E-state index contributed by atoms with van der Waals surface area (Å²) in [5.74, 6) is 0. The zero-order valence-electron chi connectivity index (χ0n) is 7.05. The molecule has 2 aromatic rings. The van der Waals surface area contributed by atoms with Crippen molar-refractivity contribution in [1.29, 1.82) is 5.26 Å². The third-order valence-electron chi connectivity index (χ3n) is 1.98. The Hall–Kier alpha value is 0.130. The van der Waals surface area contributed by atoms with E-state index in [4.69, 9.17) is 5.26 Å². The summed E-state index contributed by atoms with van der Waals surface area (Å²) in [6.07, 6.45) is 0.512. The third kappa shape index (κ3) is 1.77. The Morgan fingerprint density at radius 1 is 1.36 bits per heavy atom. The number of nitrogens with zero attached hydrogens (tertiary/aromatic N) is 1. The highest BCUT2D eigenvalue weighted by atomic mass is 127. The van der Waals surface area contributed by atoms with Crippen LogP contribution in [-0.2, 0) is 6.42 Å². The number of halogens is 2. The van der Waals surface area contributed by atoms with Gasteiger partial charge in [0.25, 0.3) is 0 Å². The molecule has 0 atom stereocenters. The van der Waals surface area contributed by atoms with Crippen molar-refractivity contribution in [1.82, 2.24) is 0 Å². The molecule has 0 bridgehead atoms. The fraction of sp³-hybridized carbons (Fsp3) is 0.100. The fourth-order valence-electron chi connectivity index (χ4n) is 1.35. The molecular weight excluding hydrogens is 420 g/mol. The topological polar surface area (TPSA) is 23.8 Å². The van der Waals surface area contributed by atoms with E-state index in [1.165, 1.54) is 22.1 Å². The molecular formula is C10H5I2NS. The molecule has 0 saturated carbocycles. The van der Waals surface area contributed by atoms with Crippen LogP contribution in [0.2, 0.25) is 0 Å². The Bertz CT molecular complexity index is 525. The lowest BCUT2D eigenvalue weighted by Gasteiger charge is -1.94. The standard InChI is InChI=1S/C10H5I2NS/c11-8-3-1-2-6-7(4-5-13)10(12)14-9(6)8/h1-3H,4H2. The van der Waals surface area contributed by atoms with Crippen molar-refractivity contribution in [3.05, 3.63) is 30.2 Å². The number of nitriles is 1. The molecule has 4 heteroatoms. The quantitative estimate of drug-likeness (QED) is 0.630. The molecule has 0 aliphatic heterocycles. The van der Waals surface area contributed by atoms with Gasteiger partial charge in [0.05, 0.1) is 15.4 Å². The van der Waals surface area contributed by atoms with E-state index in [0.717, 1.165) is 0 Å². The van der Waals surface area contributed by atoms with Crippen LogP contribution in [0.25, 0.3) is 10.1 Å². The summed E-state index contributed by atoms with van der Waals surface area (Å²) >= 11 is 6.43. The second kappa shape index (κ2) is 4.33. The summed E-state index contributed by atoms with van der Waals surface area (Å²) < 4.78 is 3.82. The van der Waals surface area contributed by atoms with E-state index < -0.39 is 0 Å². The van der Waals surface area contributed by atoms with Gasteiger partial charge in [-0.2, -0.15) is 5.26 Å². The van der Waals surface area contributed by atoms with E-state index in [1.54, 1.807) is 11.3 Å². The van der Waals surface area contributed by atoms with Crippen molar-refractivity contribution in [2.24, 2.45) is 0 Å². The monoisotopic (exact) mass is 425 g/mol. The molecule has 0 unspecified atom stereocenters. The number of benzene rings is 1. The lowest BCUT2D eigenvalue weighted by molar-refractivity contribution is 1.29. The normalized spacial score (nSPS) is 10.4. The molecule has 70 valence electrons. The Morgan fingerprint density at radius 2 is 2.14 bits per heavy atom. The molecule has 0 saturated heterocycles. The number of hydrogen-bond acceptors (Lipinski definition) is 2. The Morgan fingerprint density at radius 3 is 2.86 bits per heavy atom. The molecule has 1 nitrogen and oxygen atoms in total. The van der Waals surface area contributed by atoms with Crippen LogP contribution < -0.4 is 0 Å². The van der Waals surface area contributed by atoms with Crippen molar-refractivity contribution in [2.75, 3.05) is 0 Å². The SMILES string of the molecule is N#CCc1c(I)sc2c(I)cccc12. The number of rotatable bonds is 1. The van der Waals surface area contributed by atoms with Gasteiger partial charge in [-0.1, -0.05) is 12.1 Å². The van der Waals surface area contributed by atoms with Gasteiger partial charge in [0.2, 0.25) is 0 Å². The molecule has 14 heavy (non-hydrogen) atoms. The lowest BCUT2D eigenvalue weighted by atomic mass is 10.1. The van der Waals surface area contributed by atoms with E-state index in [2.05, 4.69) is 63.4 Å². The summed E-state index contributed by atoms with van der Waals surface area (Å²) in [6, 6.07) is 8.47. The maximum Gasteiger partial charge on any atom is 0.0708 e. The Labute approximate surface area is 113 Å². The Balaban J connectivity index is 2.78. The van der Waals surface area contributed by atoms with Crippen LogP contribution in [0.1, 0.15) is 5.56 Å². The average molecular weight is 425 g/mol. The van der Waals surface area contributed by atoms with Crippen LogP contribution >= 0.6 is 56.5 Å². The van der Waals surface area contributed by atoms with Crippen molar-refractivity contribution >= 4 is 66.6 Å². The first-order valence-corrected chi connectivity index (χ1v) is 6.93. The van der Waals surface area contributed by atoms with Gasteiger partial charge in [-0.05, 0) is 62.2 Å². The first-order chi connectivity index (χ1) is 6.74. The maximum absolute atomic E-state index is 8.74. The summed E-state index contributed by atoms with van der Waals surface area (Å²) in [4.78, 5) is 0. The third-order valence-corrected chi connectivity index (χ3v) is 5.62. The molecule has 2 rings (SSSR count). The summed E-state index contributed by atoms with van der Waals surface area (Å²) in [6.45, 7) is 0. The van der Waals surface area contributed by atoms with Crippen LogP contribution in [0.15, 0.2) is 18.2 Å². The summed E-state index contributed by atoms with van der Waals surface area (Å²) in [5, 5.41) is 9.98. The molecule has 0 N–H and O–H groups in total. The highest BCUT2D eigenvalue weighted by molar-refractivity contribution is 14.1. The number of fused-ring (bicyclic) bond motifs is 1. The van der Waals surface area contributed by atoms with Gasteiger partial charge in [-0.25, -0.2) is 0 Å². The van der Waals surface area contributed by atoms with Gasteiger partial charge in [0.1, 0.15) is 0 Å². The second-order valence-corrected chi connectivity index (χ2v) is 6.80. The first-order valence-electron chi connectivity index (χ1n) is 3.96. The van der Waals surface area contributed by atoms with Crippen LogP contribution in [0.5, 0.6) is 0 Å². The summed E-state index contributed by atoms with van der Waals surface area (Å²) in [5.41, 5.74) is 1.19. The van der Waals surface area contributed by atoms with Gasteiger partial charge in [-0.3, -0.25) is 0 Å². The molecule has 0 radical (unpaired) electrons. The summed E-state index contributed by atoms with van der Waals surface area (Å²) in [7, 11) is 0. The van der Waals surface area contributed by atoms with E-state index in [-0.39, 0.29) is 0 Å². The zero-order valence-corrected chi connectivity index (χ0v) is 12.2. The molecule has 0 amide bonds. The van der Waals surface area contributed by atoms with Crippen LogP contribution in [0, 0.1) is 17.8 Å². The smallest absolute Gasteiger partial charge is 0.0708 e. The van der Waals surface area contributed by atoms with Crippen LogP contribution in [0.4, 0.5) is 0 Å². The predicted octanol–water partition coefficient (Wildman–Crippen LogP) is 4.18. The molecule has 1 aromatic heterocycles. The van der Waals surface area contributed by atoms with Crippen molar-refractivity contribution in [3.8, 4) is 6.07 Å². The molecule has 0 spiro atoms. The molecule has 0 aliphatic carbocycles. The minimum Gasteiger partial charge on any atom is -0.198 e. The van der Waals surface area contributed by atoms with E-state index in [0.29, 0.717) is 6.42 Å². The zero-order chi connectivity index (χ0) is 10.1. The van der Waals surface area contributed by atoms with Crippen molar-refractivity contribution in [3.63, 3.8) is 0 Å². The van der Waals surface area contributed by atoms with Gasteiger partial charge < -0.3 is 0 Å². The van der Waals surface area contributed by atoms with Crippen LogP contribution in [-0.4, -0.2) is 0 Å². The minimum atomic E-state index is 0.512. The van der Waals surface area contributed by atoms with Gasteiger partial charge in [0, 0.05) is 8.27 Å². The van der Waals surface area contributed by atoms with E-state index in [1.807, 2.05) is 6.07 Å². The average Bonchev–Trinajstić information content (AvgIpc) is 2.47. The van der Waals surface area contributed by atoms with Crippen molar-refractivity contribution < 1.29 is 0 Å². The van der Waals surface area contributed by atoms with E-state index in [9.17, 15) is 0 Å². The minimum absolute atomic E-state index is 0.512. The van der Waals surface area contributed by atoms with E-state index >= 15 is 0 Å². The highest BCUT2D eigenvalue weighted by Crippen LogP contribution is 2.35. The molecule has 1 heterocycles. The highest BCUT2D eigenvalue weighted by Gasteiger charge is 2.10. The first kappa shape index (κ1) is 10.6. The van der Waals surface area contributed by atoms with Crippen LogP contribution in [0.3, 0.4) is 0 Å². The number of hydrogen-bond donors (Lipinski definition) is 0. The van der Waals surface area contributed by atoms with Crippen molar-refractivity contribution in [2.45, 2.75) is 6.42 Å². The molecule has 0 aliphatic rings. The lowest BCUT2D eigenvalue weighted by Crippen LogP contribution is -1.81. The van der Waals surface area contributed by atoms with Gasteiger partial charge in [0.15, 0.2) is 0 Å². The number of thiophene rings is 1. The fourth-order valence-corrected chi connectivity index (χ4v) is 4.27.